The molecule has 0 atom stereocenters. The van der Waals surface area contributed by atoms with Gasteiger partial charge in [-0.25, -0.2) is 19.3 Å². The van der Waals surface area contributed by atoms with E-state index in [1.165, 1.54) is 13.2 Å². The SMILES string of the molecule is C=C(Nc1c(N)nc(C(=[NH2+])c2cc(F)cnc2NCc2ccccc2C)nc1N)OC. The highest BCUT2D eigenvalue weighted by Gasteiger charge is 2.23. The first-order valence-electron chi connectivity index (χ1n) is 9.30. The molecule has 160 valence electrons. The fourth-order valence-corrected chi connectivity index (χ4v) is 2.83. The molecular formula is C21H24FN8O+. The second-order valence-corrected chi connectivity index (χ2v) is 6.69. The van der Waals surface area contributed by atoms with Crippen LogP contribution in [0.3, 0.4) is 0 Å². The first-order chi connectivity index (χ1) is 14.8. The van der Waals surface area contributed by atoms with Crippen LogP contribution in [0.15, 0.2) is 49.0 Å². The zero-order valence-electron chi connectivity index (χ0n) is 17.2. The van der Waals surface area contributed by atoms with E-state index in [1.807, 2.05) is 31.2 Å². The van der Waals surface area contributed by atoms with E-state index >= 15 is 0 Å². The number of anilines is 4. The number of nitrogens with one attached hydrogen (secondary N) is 2. The summed E-state index contributed by atoms with van der Waals surface area (Å²) in [6.45, 7) is 6.12. The molecule has 0 radical (unpaired) electrons. The minimum Gasteiger partial charge on any atom is -0.483 e. The van der Waals surface area contributed by atoms with Crippen molar-refractivity contribution in [1.82, 2.24) is 15.0 Å². The molecule has 0 bridgehead atoms. The second kappa shape index (κ2) is 9.08. The maximum atomic E-state index is 14.0. The van der Waals surface area contributed by atoms with Crippen molar-refractivity contribution in [2.45, 2.75) is 13.5 Å². The summed E-state index contributed by atoms with van der Waals surface area (Å²) in [5.74, 6) is 0.122. The van der Waals surface area contributed by atoms with Gasteiger partial charge in [0, 0.05) is 6.54 Å². The minimum atomic E-state index is -0.560. The van der Waals surface area contributed by atoms with Crippen molar-refractivity contribution in [3.05, 3.63) is 77.3 Å². The van der Waals surface area contributed by atoms with Gasteiger partial charge in [0.1, 0.15) is 17.3 Å². The van der Waals surface area contributed by atoms with Crippen LogP contribution in [0.1, 0.15) is 22.5 Å². The predicted molar refractivity (Wildman–Crippen MR) is 118 cm³/mol. The summed E-state index contributed by atoms with van der Waals surface area (Å²) in [5, 5.41) is 12.2. The third-order valence-corrected chi connectivity index (χ3v) is 4.57. The van der Waals surface area contributed by atoms with Crippen LogP contribution in [0.4, 0.5) is 27.5 Å². The number of ether oxygens (including phenoxy) is 1. The van der Waals surface area contributed by atoms with Gasteiger partial charge in [-0.3, -0.25) is 5.41 Å². The number of aryl methyl sites for hydroxylation is 1. The van der Waals surface area contributed by atoms with E-state index in [0.717, 1.165) is 17.3 Å². The number of pyridine rings is 1. The molecule has 3 aromatic rings. The molecule has 0 aliphatic carbocycles. The Kier molecular flexibility index (Phi) is 6.29. The first kappa shape index (κ1) is 21.5. The number of hydrogen-bond acceptors (Lipinski definition) is 8. The molecule has 0 fully saturated rings. The average molecular weight is 423 g/mol. The van der Waals surface area contributed by atoms with Gasteiger partial charge in [0.15, 0.2) is 17.5 Å². The average Bonchev–Trinajstić information content (AvgIpc) is 2.75. The van der Waals surface area contributed by atoms with Crippen molar-refractivity contribution in [2.75, 3.05) is 29.2 Å². The number of halogens is 1. The number of aromatic nitrogens is 3. The van der Waals surface area contributed by atoms with E-state index < -0.39 is 5.82 Å². The van der Waals surface area contributed by atoms with Gasteiger partial charge in [-0.15, -0.1) is 0 Å². The molecule has 8 N–H and O–H groups in total. The Morgan fingerprint density at radius 2 is 1.90 bits per heavy atom. The number of nitrogens with two attached hydrogens (primary N) is 3. The molecule has 2 aromatic heterocycles. The molecule has 0 saturated heterocycles. The molecule has 0 aliphatic rings. The van der Waals surface area contributed by atoms with Crippen LogP contribution in [-0.4, -0.2) is 27.8 Å². The van der Waals surface area contributed by atoms with Crippen molar-refractivity contribution >= 4 is 28.9 Å². The van der Waals surface area contributed by atoms with Gasteiger partial charge in [0.05, 0.1) is 18.9 Å². The van der Waals surface area contributed by atoms with Gasteiger partial charge < -0.3 is 26.8 Å². The van der Waals surface area contributed by atoms with Crippen LogP contribution in [0, 0.1) is 12.7 Å². The van der Waals surface area contributed by atoms with Crippen LogP contribution < -0.4 is 27.5 Å². The van der Waals surface area contributed by atoms with E-state index in [2.05, 4.69) is 32.2 Å². The number of nitrogen functional groups attached to an aromatic ring is 2. The van der Waals surface area contributed by atoms with E-state index in [-0.39, 0.29) is 40.3 Å². The molecule has 1 aromatic carbocycles. The molecule has 9 nitrogen and oxygen atoms in total. The van der Waals surface area contributed by atoms with E-state index in [4.69, 9.17) is 21.6 Å². The Labute approximate surface area is 178 Å². The lowest BCUT2D eigenvalue weighted by atomic mass is 10.1. The number of rotatable bonds is 8. The second-order valence-electron chi connectivity index (χ2n) is 6.69. The highest BCUT2D eigenvalue weighted by atomic mass is 19.1. The zero-order chi connectivity index (χ0) is 22.5. The van der Waals surface area contributed by atoms with Crippen LogP contribution in [-0.2, 0) is 11.3 Å². The Bertz CT molecular complexity index is 1120. The Hall–Kier alpha value is -4.21. The fraction of sp³-hybridized carbons (Fsp3) is 0.143. The zero-order valence-corrected chi connectivity index (χ0v) is 17.2. The summed E-state index contributed by atoms with van der Waals surface area (Å²) in [7, 11) is 1.44. The van der Waals surface area contributed by atoms with E-state index in [1.54, 1.807) is 0 Å². The molecule has 0 aliphatic heterocycles. The van der Waals surface area contributed by atoms with E-state index in [9.17, 15) is 4.39 Å². The highest BCUT2D eigenvalue weighted by Crippen LogP contribution is 2.25. The molecule has 0 amide bonds. The van der Waals surface area contributed by atoms with Gasteiger partial charge in [0.2, 0.25) is 5.82 Å². The standard InChI is InChI=1S/C21H23FN8O/c1-11-6-4-5-7-13(11)9-26-20-15(8-14(22)10-27-20)16(23)21-29-18(24)17(19(25)30-21)28-12(2)31-3/h4-8,10,23,28H,2,9H2,1,3H3,(H,26,27)(H4,24,25,29,30)/p+1. The molecule has 0 saturated carbocycles. The van der Waals surface area contributed by atoms with Gasteiger partial charge in [-0.05, 0) is 30.7 Å². The van der Waals surface area contributed by atoms with Gasteiger partial charge in [0.25, 0.3) is 5.71 Å². The predicted octanol–water partition coefficient (Wildman–Crippen LogP) is 1.22. The maximum absolute atomic E-state index is 14.0. The number of methoxy groups -OCH3 is 1. The lowest BCUT2D eigenvalue weighted by Gasteiger charge is -2.13. The van der Waals surface area contributed by atoms with Crippen LogP contribution in [0.25, 0.3) is 0 Å². The smallest absolute Gasteiger partial charge is 0.253 e. The van der Waals surface area contributed by atoms with Gasteiger partial charge >= 0.3 is 0 Å². The normalized spacial score (nSPS) is 10.4. The van der Waals surface area contributed by atoms with Crippen molar-refractivity contribution in [1.29, 1.82) is 0 Å². The summed E-state index contributed by atoms with van der Waals surface area (Å²) in [6, 6.07) is 9.14. The maximum Gasteiger partial charge on any atom is 0.253 e. The van der Waals surface area contributed by atoms with Crippen molar-refractivity contribution < 1.29 is 14.5 Å². The summed E-state index contributed by atoms with van der Waals surface area (Å²) in [5.41, 5.74) is 14.8. The number of benzene rings is 1. The van der Waals surface area contributed by atoms with Crippen LogP contribution >= 0.6 is 0 Å². The molecule has 31 heavy (non-hydrogen) atoms. The molecule has 0 unspecified atom stereocenters. The first-order valence-corrected chi connectivity index (χ1v) is 9.30. The fourth-order valence-electron chi connectivity index (χ4n) is 2.83. The quantitative estimate of drug-likeness (QED) is 0.268. The van der Waals surface area contributed by atoms with E-state index in [0.29, 0.717) is 12.4 Å². The topological polar surface area (TPSA) is 150 Å². The van der Waals surface area contributed by atoms with Crippen LogP contribution in [0.5, 0.6) is 0 Å². The van der Waals surface area contributed by atoms with Crippen molar-refractivity contribution in [3.63, 3.8) is 0 Å². The largest absolute Gasteiger partial charge is 0.483 e. The minimum absolute atomic E-state index is 0.0300. The molecule has 3 rings (SSSR count). The Morgan fingerprint density at radius 3 is 2.55 bits per heavy atom. The summed E-state index contributed by atoms with van der Waals surface area (Å²) >= 11 is 0. The summed E-state index contributed by atoms with van der Waals surface area (Å²) in [4.78, 5) is 12.5. The highest BCUT2D eigenvalue weighted by molar-refractivity contribution is 6.10. The van der Waals surface area contributed by atoms with Crippen LogP contribution in [0.2, 0.25) is 0 Å². The van der Waals surface area contributed by atoms with Crippen molar-refractivity contribution in [3.8, 4) is 0 Å². The molecule has 10 heteroatoms. The summed E-state index contributed by atoms with van der Waals surface area (Å²) in [6.07, 6.45) is 1.10. The molecule has 2 heterocycles. The lowest BCUT2D eigenvalue weighted by molar-refractivity contribution is -0.112. The van der Waals surface area contributed by atoms with Gasteiger partial charge in [-0.1, -0.05) is 24.3 Å². The van der Waals surface area contributed by atoms with Gasteiger partial charge in [-0.2, -0.15) is 0 Å². The Morgan fingerprint density at radius 1 is 1.23 bits per heavy atom. The Balaban J connectivity index is 1.92. The molecular weight excluding hydrogens is 399 g/mol. The third-order valence-electron chi connectivity index (χ3n) is 4.57. The van der Waals surface area contributed by atoms with Crippen molar-refractivity contribution in [2.24, 2.45) is 0 Å². The monoisotopic (exact) mass is 423 g/mol. The third kappa shape index (κ3) is 4.86. The summed E-state index contributed by atoms with van der Waals surface area (Å²) < 4.78 is 18.9. The number of nitrogens with zero attached hydrogens (tertiary/aromatic N) is 3. The molecule has 0 spiro atoms. The number of hydrogen-bond donors (Lipinski definition) is 5. The lowest BCUT2D eigenvalue weighted by Crippen LogP contribution is -2.43.